The molecule has 0 unspecified atom stereocenters. The van der Waals surface area contributed by atoms with Gasteiger partial charge in [-0.25, -0.2) is 4.98 Å². The van der Waals surface area contributed by atoms with Crippen LogP contribution >= 0.6 is 11.3 Å². The average molecular weight is 277 g/mol. The summed E-state index contributed by atoms with van der Waals surface area (Å²) in [6.07, 6.45) is 3.74. The Kier molecular flexibility index (Phi) is 3.35. The summed E-state index contributed by atoms with van der Waals surface area (Å²) in [6.45, 7) is 0.881. The summed E-state index contributed by atoms with van der Waals surface area (Å²) in [7, 11) is 0. The Balaban J connectivity index is 1.77. The maximum absolute atomic E-state index is 12.5. The van der Waals surface area contributed by atoms with Crippen LogP contribution in [0.3, 0.4) is 0 Å². The number of hydrogen-bond acceptors (Lipinski definition) is 5. The summed E-state index contributed by atoms with van der Waals surface area (Å²) in [4.78, 5) is 18.6. The minimum Gasteiger partial charge on any atom is -0.467 e. The van der Waals surface area contributed by atoms with Gasteiger partial charge in [-0.2, -0.15) is 0 Å². The number of carbonyl (C=O) groups excluding carboxylic acids is 1. The Labute approximate surface area is 115 Å². The SMILES string of the molecule is NCc1nc(C(=O)N(Cc2ccco2)C2CC2)cs1. The number of thiazole rings is 1. The Morgan fingerprint density at radius 2 is 2.42 bits per heavy atom. The van der Waals surface area contributed by atoms with Crippen molar-refractivity contribution in [2.24, 2.45) is 5.73 Å². The minimum atomic E-state index is -0.0325. The molecule has 0 spiro atoms. The molecular weight excluding hydrogens is 262 g/mol. The highest BCUT2D eigenvalue weighted by Gasteiger charge is 2.34. The molecule has 0 aromatic carbocycles. The first-order chi connectivity index (χ1) is 9.28. The first kappa shape index (κ1) is 12.4. The molecule has 19 heavy (non-hydrogen) atoms. The molecule has 3 rings (SSSR count). The zero-order valence-electron chi connectivity index (χ0n) is 10.4. The summed E-state index contributed by atoms with van der Waals surface area (Å²) >= 11 is 1.43. The van der Waals surface area contributed by atoms with Gasteiger partial charge in [0.05, 0.1) is 12.8 Å². The summed E-state index contributed by atoms with van der Waals surface area (Å²) in [5.41, 5.74) is 6.02. The maximum Gasteiger partial charge on any atom is 0.273 e. The van der Waals surface area contributed by atoms with E-state index in [4.69, 9.17) is 10.2 Å². The van der Waals surface area contributed by atoms with Crippen LogP contribution in [0, 0.1) is 0 Å². The van der Waals surface area contributed by atoms with Gasteiger partial charge in [0.25, 0.3) is 5.91 Å². The van der Waals surface area contributed by atoms with Gasteiger partial charge in [-0.15, -0.1) is 11.3 Å². The summed E-state index contributed by atoms with van der Waals surface area (Å²) in [5.74, 6) is 0.768. The van der Waals surface area contributed by atoms with E-state index in [0.29, 0.717) is 24.8 Å². The molecule has 1 saturated carbocycles. The molecule has 1 aliphatic carbocycles. The molecule has 2 aromatic heterocycles. The van der Waals surface area contributed by atoms with Crippen LogP contribution in [-0.4, -0.2) is 21.8 Å². The number of amides is 1. The normalized spacial score (nSPS) is 14.6. The first-order valence-electron chi connectivity index (χ1n) is 6.25. The van der Waals surface area contributed by atoms with Gasteiger partial charge in [0.2, 0.25) is 0 Å². The molecular formula is C13H15N3O2S. The number of hydrogen-bond donors (Lipinski definition) is 1. The van der Waals surface area contributed by atoms with Crippen molar-refractivity contribution >= 4 is 17.2 Å². The van der Waals surface area contributed by atoms with Gasteiger partial charge in [-0.3, -0.25) is 4.79 Å². The smallest absolute Gasteiger partial charge is 0.273 e. The Hall–Kier alpha value is -1.66. The van der Waals surface area contributed by atoms with Crippen LogP contribution < -0.4 is 5.73 Å². The Morgan fingerprint density at radius 1 is 1.58 bits per heavy atom. The average Bonchev–Trinajstić information content (AvgIpc) is 2.95. The number of carbonyl (C=O) groups is 1. The lowest BCUT2D eigenvalue weighted by molar-refractivity contribution is 0.0712. The van der Waals surface area contributed by atoms with Gasteiger partial charge in [-0.05, 0) is 25.0 Å². The predicted octanol–water partition coefficient (Wildman–Crippen LogP) is 2.00. The van der Waals surface area contributed by atoms with Crippen LogP contribution in [0.1, 0.15) is 34.1 Å². The van der Waals surface area contributed by atoms with Crippen molar-refractivity contribution in [2.75, 3.05) is 0 Å². The van der Waals surface area contributed by atoms with E-state index in [-0.39, 0.29) is 5.91 Å². The number of aromatic nitrogens is 1. The maximum atomic E-state index is 12.5. The fourth-order valence-corrected chi connectivity index (χ4v) is 2.62. The van der Waals surface area contributed by atoms with E-state index in [9.17, 15) is 4.79 Å². The summed E-state index contributed by atoms with van der Waals surface area (Å²) in [6, 6.07) is 4.04. The molecule has 0 aliphatic heterocycles. The molecule has 0 saturated heterocycles. The van der Waals surface area contributed by atoms with E-state index in [2.05, 4.69) is 4.98 Å². The van der Waals surface area contributed by atoms with Gasteiger partial charge >= 0.3 is 0 Å². The third kappa shape index (κ3) is 2.69. The monoisotopic (exact) mass is 277 g/mol. The van der Waals surface area contributed by atoms with Gasteiger partial charge < -0.3 is 15.1 Å². The van der Waals surface area contributed by atoms with E-state index in [1.54, 1.807) is 11.6 Å². The van der Waals surface area contributed by atoms with Crippen molar-refractivity contribution in [2.45, 2.75) is 32.0 Å². The van der Waals surface area contributed by atoms with Crippen LogP contribution in [0.2, 0.25) is 0 Å². The number of furan rings is 1. The second-order valence-electron chi connectivity index (χ2n) is 4.57. The number of rotatable bonds is 5. The number of nitrogens with two attached hydrogens (primary N) is 1. The lowest BCUT2D eigenvalue weighted by Gasteiger charge is -2.20. The van der Waals surface area contributed by atoms with Crippen molar-refractivity contribution in [1.29, 1.82) is 0 Å². The highest BCUT2D eigenvalue weighted by atomic mass is 32.1. The molecule has 100 valence electrons. The Bertz CT molecular complexity index is 560. The second kappa shape index (κ2) is 5.14. The Morgan fingerprint density at radius 3 is 3.00 bits per heavy atom. The second-order valence-corrected chi connectivity index (χ2v) is 5.52. The molecule has 0 radical (unpaired) electrons. The van der Waals surface area contributed by atoms with Gasteiger partial charge in [-0.1, -0.05) is 0 Å². The van der Waals surface area contributed by atoms with Crippen molar-refractivity contribution in [3.05, 3.63) is 40.2 Å². The van der Waals surface area contributed by atoms with Crippen LogP contribution in [0.4, 0.5) is 0 Å². The lowest BCUT2D eigenvalue weighted by Crippen LogP contribution is -2.32. The highest BCUT2D eigenvalue weighted by Crippen LogP contribution is 2.30. The van der Waals surface area contributed by atoms with Crippen LogP contribution in [-0.2, 0) is 13.1 Å². The van der Waals surface area contributed by atoms with E-state index in [1.807, 2.05) is 17.0 Å². The van der Waals surface area contributed by atoms with Crippen molar-refractivity contribution in [3.8, 4) is 0 Å². The van der Waals surface area contributed by atoms with Crippen molar-refractivity contribution in [3.63, 3.8) is 0 Å². The molecule has 1 amide bonds. The molecule has 0 atom stereocenters. The molecule has 6 heteroatoms. The predicted molar refractivity (Wildman–Crippen MR) is 71.6 cm³/mol. The molecule has 2 aromatic rings. The summed E-state index contributed by atoms with van der Waals surface area (Å²) in [5, 5.41) is 2.57. The van der Waals surface area contributed by atoms with Crippen LogP contribution in [0.25, 0.3) is 0 Å². The molecule has 2 heterocycles. The van der Waals surface area contributed by atoms with Crippen molar-refractivity contribution < 1.29 is 9.21 Å². The quantitative estimate of drug-likeness (QED) is 0.907. The fourth-order valence-electron chi connectivity index (χ4n) is 1.97. The molecule has 0 bridgehead atoms. The topological polar surface area (TPSA) is 72.4 Å². The molecule has 5 nitrogen and oxygen atoms in total. The molecule has 1 aliphatic rings. The van der Waals surface area contributed by atoms with Gasteiger partial charge in [0.1, 0.15) is 16.5 Å². The highest BCUT2D eigenvalue weighted by molar-refractivity contribution is 7.09. The van der Waals surface area contributed by atoms with Gasteiger partial charge in [0.15, 0.2) is 0 Å². The largest absolute Gasteiger partial charge is 0.467 e. The van der Waals surface area contributed by atoms with E-state index < -0.39 is 0 Å². The van der Waals surface area contributed by atoms with Crippen LogP contribution in [0.15, 0.2) is 28.2 Å². The molecule has 2 N–H and O–H groups in total. The lowest BCUT2D eigenvalue weighted by atomic mass is 10.3. The van der Waals surface area contributed by atoms with E-state index in [0.717, 1.165) is 23.6 Å². The van der Waals surface area contributed by atoms with Crippen molar-refractivity contribution in [1.82, 2.24) is 9.88 Å². The number of nitrogens with zero attached hydrogens (tertiary/aromatic N) is 2. The fraction of sp³-hybridized carbons (Fsp3) is 0.385. The standard InChI is InChI=1S/C13H15N3O2S/c14-6-12-15-11(8-19-12)13(17)16(9-3-4-9)7-10-2-1-5-18-10/h1-2,5,8-9H,3-4,6-7,14H2. The first-order valence-corrected chi connectivity index (χ1v) is 7.13. The third-order valence-electron chi connectivity index (χ3n) is 3.10. The summed E-state index contributed by atoms with van der Waals surface area (Å²) < 4.78 is 5.32. The van der Waals surface area contributed by atoms with E-state index in [1.165, 1.54) is 11.3 Å². The molecule has 1 fully saturated rings. The third-order valence-corrected chi connectivity index (χ3v) is 3.97. The van der Waals surface area contributed by atoms with Crippen LogP contribution in [0.5, 0.6) is 0 Å². The van der Waals surface area contributed by atoms with E-state index >= 15 is 0 Å². The minimum absolute atomic E-state index is 0.0325. The van der Waals surface area contributed by atoms with Gasteiger partial charge in [0, 0.05) is 18.0 Å². The zero-order chi connectivity index (χ0) is 13.2. The zero-order valence-corrected chi connectivity index (χ0v) is 11.2.